The van der Waals surface area contributed by atoms with E-state index in [-0.39, 0.29) is 13.0 Å². The quantitative estimate of drug-likeness (QED) is 0.838. The fourth-order valence-corrected chi connectivity index (χ4v) is 1.87. The van der Waals surface area contributed by atoms with Gasteiger partial charge >= 0.3 is 0 Å². The van der Waals surface area contributed by atoms with Gasteiger partial charge in [-0.05, 0) is 25.1 Å². The lowest BCUT2D eigenvalue weighted by atomic mass is 9.96. The van der Waals surface area contributed by atoms with E-state index in [1.165, 1.54) is 6.26 Å². The van der Waals surface area contributed by atoms with Crippen molar-refractivity contribution >= 4 is 6.08 Å². The van der Waals surface area contributed by atoms with Crippen molar-refractivity contribution in [1.29, 1.82) is 0 Å². The van der Waals surface area contributed by atoms with Crippen molar-refractivity contribution in [1.82, 2.24) is 0 Å². The summed E-state index contributed by atoms with van der Waals surface area (Å²) in [5.41, 5.74) is 4.87. The van der Waals surface area contributed by atoms with Crippen LogP contribution in [-0.2, 0) is 0 Å². The predicted molar refractivity (Wildman–Crippen MR) is 53.4 cm³/mol. The summed E-state index contributed by atoms with van der Waals surface area (Å²) in [5, 5.41) is 0. The van der Waals surface area contributed by atoms with Crippen LogP contribution in [0.25, 0.3) is 6.08 Å². The molecule has 1 atom stereocenters. The number of halogens is 2. The molecule has 1 aliphatic carbocycles. The Morgan fingerprint density at radius 2 is 2.33 bits per heavy atom. The summed E-state index contributed by atoms with van der Waals surface area (Å²) >= 11 is 0. The van der Waals surface area contributed by atoms with E-state index in [4.69, 9.17) is 10.2 Å². The highest BCUT2D eigenvalue weighted by Crippen LogP contribution is 2.64. The Bertz CT molecular complexity index is 383. The molecule has 0 aliphatic heterocycles. The van der Waals surface area contributed by atoms with Gasteiger partial charge in [-0.3, -0.25) is 0 Å². The highest BCUT2D eigenvalue weighted by atomic mass is 19.3. The molecule has 0 spiro atoms. The van der Waals surface area contributed by atoms with Crippen LogP contribution in [0.15, 0.2) is 28.4 Å². The monoisotopic (exact) mass is 213 g/mol. The maximum Gasteiger partial charge on any atom is 0.259 e. The van der Waals surface area contributed by atoms with E-state index in [2.05, 4.69) is 0 Å². The third-order valence-electron chi connectivity index (χ3n) is 3.10. The lowest BCUT2D eigenvalue weighted by Gasteiger charge is -2.14. The molecule has 82 valence electrons. The maximum atomic E-state index is 13.2. The van der Waals surface area contributed by atoms with Gasteiger partial charge in [0.1, 0.15) is 5.76 Å². The largest absolute Gasteiger partial charge is 0.465 e. The highest BCUT2D eigenvalue weighted by molar-refractivity contribution is 5.52. The summed E-state index contributed by atoms with van der Waals surface area (Å²) in [5.74, 6) is -2.07. The van der Waals surface area contributed by atoms with Gasteiger partial charge in [0.2, 0.25) is 0 Å². The van der Waals surface area contributed by atoms with Crippen LogP contribution in [0.2, 0.25) is 0 Å². The Morgan fingerprint density at radius 3 is 2.73 bits per heavy atom. The van der Waals surface area contributed by atoms with Gasteiger partial charge in [-0.2, -0.15) is 0 Å². The number of furan rings is 1. The van der Waals surface area contributed by atoms with Gasteiger partial charge in [-0.1, -0.05) is 5.57 Å². The van der Waals surface area contributed by atoms with Crippen molar-refractivity contribution in [3.8, 4) is 0 Å². The molecule has 1 heterocycles. The molecule has 0 saturated heterocycles. The zero-order valence-corrected chi connectivity index (χ0v) is 8.47. The van der Waals surface area contributed by atoms with Gasteiger partial charge in [0, 0.05) is 13.0 Å². The molecular weight excluding hydrogens is 200 g/mol. The summed E-state index contributed by atoms with van der Waals surface area (Å²) in [7, 11) is 0. The zero-order valence-electron chi connectivity index (χ0n) is 8.47. The van der Waals surface area contributed by atoms with E-state index in [1.807, 2.05) is 0 Å². The Balaban J connectivity index is 2.25. The standard InChI is InChI=1S/C11H13F2NO/c1-8(5-9-3-2-4-15-9)10(7-14)6-11(10,12)13/h2-5H,6-7,14H2,1H3/b8-5+. The van der Waals surface area contributed by atoms with Crippen LogP contribution >= 0.6 is 0 Å². The first-order chi connectivity index (χ1) is 7.02. The van der Waals surface area contributed by atoms with E-state index < -0.39 is 11.3 Å². The average molecular weight is 213 g/mol. The van der Waals surface area contributed by atoms with Crippen molar-refractivity contribution < 1.29 is 13.2 Å². The number of rotatable bonds is 3. The van der Waals surface area contributed by atoms with Gasteiger partial charge < -0.3 is 10.2 Å². The van der Waals surface area contributed by atoms with Crippen molar-refractivity contribution in [3.63, 3.8) is 0 Å². The molecular formula is C11H13F2NO. The third kappa shape index (κ3) is 1.49. The first kappa shape index (κ1) is 10.4. The number of hydrogen-bond acceptors (Lipinski definition) is 2. The number of alkyl halides is 2. The van der Waals surface area contributed by atoms with E-state index in [0.29, 0.717) is 11.3 Å². The number of hydrogen-bond donors (Lipinski definition) is 1. The maximum absolute atomic E-state index is 13.2. The molecule has 2 N–H and O–H groups in total. The average Bonchev–Trinajstić information content (AvgIpc) is 2.58. The van der Waals surface area contributed by atoms with Crippen molar-refractivity contribution in [2.75, 3.05) is 6.54 Å². The highest BCUT2D eigenvalue weighted by Gasteiger charge is 2.70. The van der Waals surface area contributed by atoms with Gasteiger partial charge in [0.15, 0.2) is 0 Å². The van der Waals surface area contributed by atoms with Gasteiger partial charge in [-0.15, -0.1) is 0 Å². The second-order valence-corrected chi connectivity index (χ2v) is 4.01. The molecule has 0 amide bonds. The molecule has 0 bridgehead atoms. The van der Waals surface area contributed by atoms with Crippen LogP contribution in [0.1, 0.15) is 19.1 Å². The van der Waals surface area contributed by atoms with Crippen molar-refractivity contribution in [3.05, 3.63) is 29.7 Å². The van der Waals surface area contributed by atoms with Crippen LogP contribution in [0.3, 0.4) is 0 Å². The molecule has 1 aliphatic rings. The lowest BCUT2D eigenvalue weighted by Crippen LogP contribution is -2.23. The van der Waals surface area contributed by atoms with Crippen molar-refractivity contribution in [2.45, 2.75) is 19.3 Å². The molecule has 4 heteroatoms. The fourth-order valence-electron chi connectivity index (χ4n) is 1.87. The first-order valence-corrected chi connectivity index (χ1v) is 4.82. The minimum absolute atomic E-state index is 0.0248. The normalized spacial score (nSPS) is 29.2. The van der Waals surface area contributed by atoms with Crippen LogP contribution < -0.4 is 5.73 Å². The molecule has 15 heavy (non-hydrogen) atoms. The fraction of sp³-hybridized carbons (Fsp3) is 0.455. The zero-order chi connectivity index (χ0) is 11.1. The summed E-state index contributed by atoms with van der Waals surface area (Å²) in [6, 6.07) is 3.45. The Kier molecular flexibility index (Phi) is 2.19. The van der Waals surface area contributed by atoms with Crippen LogP contribution in [0, 0.1) is 5.41 Å². The molecule has 0 radical (unpaired) electrons. The molecule has 1 unspecified atom stereocenters. The second kappa shape index (κ2) is 3.17. The van der Waals surface area contributed by atoms with E-state index >= 15 is 0 Å². The van der Waals surface area contributed by atoms with E-state index in [0.717, 1.165) is 0 Å². The minimum atomic E-state index is -2.66. The molecule has 1 saturated carbocycles. The minimum Gasteiger partial charge on any atom is -0.465 e. The van der Waals surface area contributed by atoms with Crippen LogP contribution in [-0.4, -0.2) is 12.5 Å². The predicted octanol–water partition coefficient (Wildman–Crippen LogP) is 2.67. The summed E-state index contributed by atoms with van der Waals surface area (Å²) in [6.45, 7) is 1.65. The van der Waals surface area contributed by atoms with Gasteiger partial charge in [0.25, 0.3) is 5.92 Å². The Labute approximate surface area is 86.8 Å². The molecule has 2 nitrogen and oxygen atoms in total. The summed E-state index contributed by atoms with van der Waals surface area (Å²) in [4.78, 5) is 0. The Morgan fingerprint density at radius 1 is 1.67 bits per heavy atom. The van der Waals surface area contributed by atoms with Gasteiger partial charge in [-0.25, -0.2) is 8.78 Å². The molecule has 0 aromatic carbocycles. The lowest BCUT2D eigenvalue weighted by molar-refractivity contribution is 0.0786. The van der Waals surface area contributed by atoms with Crippen LogP contribution in [0.5, 0.6) is 0 Å². The van der Waals surface area contributed by atoms with Crippen molar-refractivity contribution in [2.24, 2.45) is 11.1 Å². The molecule has 1 aromatic heterocycles. The molecule has 1 aromatic rings. The smallest absolute Gasteiger partial charge is 0.259 e. The second-order valence-electron chi connectivity index (χ2n) is 4.01. The molecule has 1 fully saturated rings. The summed E-state index contributed by atoms with van der Waals surface area (Å²) in [6.07, 6.45) is 2.99. The Hall–Kier alpha value is -1.16. The van der Waals surface area contributed by atoms with Gasteiger partial charge in [0.05, 0.1) is 11.7 Å². The first-order valence-electron chi connectivity index (χ1n) is 4.82. The number of nitrogens with two attached hydrogens (primary N) is 1. The van der Waals surface area contributed by atoms with Crippen LogP contribution in [0.4, 0.5) is 8.78 Å². The third-order valence-corrected chi connectivity index (χ3v) is 3.10. The SMILES string of the molecule is C/C(=C\c1ccco1)C1(CN)CC1(F)F. The van der Waals surface area contributed by atoms with E-state index in [9.17, 15) is 8.78 Å². The topological polar surface area (TPSA) is 39.2 Å². The molecule has 2 rings (SSSR count). The van der Waals surface area contributed by atoms with E-state index in [1.54, 1.807) is 25.1 Å². The summed E-state index contributed by atoms with van der Waals surface area (Å²) < 4.78 is 31.4.